The van der Waals surface area contributed by atoms with Crippen molar-refractivity contribution in [3.8, 4) is 0 Å². The van der Waals surface area contributed by atoms with Gasteiger partial charge in [-0.3, -0.25) is 4.68 Å². The molecule has 96 valence electrons. The summed E-state index contributed by atoms with van der Waals surface area (Å²) in [5, 5.41) is 14.6. The third kappa shape index (κ3) is 2.41. The van der Waals surface area contributed by atoms with E-state index in [1.54, 1.807) is 23.9 Å². The molecule has 18 heavy (non-hydrogen) atoms. The minimum atomic E-state index is -1.12. The number of hydrogen-bond acceptors (Lipinski definition) is 3. The molecule has 5 heteroatoms. The summed E-state index contributed by atoms with van der Waals surface area (Å²) < 4.78 is 14.9. The SMILES string of the molecule is CCC(O)(Cc1ncnn1C)c1cccc(F)c1. The van der Waals surface area contributed by atoms with Gasteiger partial charge in [-0.1, -0.05) is 19.1 Å². The van der Waals surface area contributed by atoms with E-state index in [0.29, 0.717) is 24.2 Å². The van der Waals surface area contributed by atoms with Gasteiger partial charge in [0.25, 0.3) is 0 Å². The van der Waals surface area contributed by atoms with Crippen LogP contribution in [0.15, 0.2) is 30.6 Å². The first-order chi connectivity index (χ1) is 8.55. The fraction of sp³-hybridized carbons (Fsp3) is 0.385. The van der Waals surface area contributed by atoms with Crippen LogP contribution in [0, 0.1) is 5.82 Å². The molecule has 1 unspecified atom stereocenters. The third-order valence-electron chi connectivity index (χ3n) is 3.20. The van der Waals surface area contributed by atoms with E-state index >= 15 is 0 Å². The highest BCUT2D eigenvalue weighted by Gasteiger charge is 2.29. The van der Waals surface area contributed by atoms with Crippen LogP contribution in [-0.2, 0) is 19.1 Å². The molecule has 1 heterocycles. The summed E-state index contributed by atoms with van der Waals surface area (Å²) in [6.07, 6.45) is 2.23. The molecule has 1 atom stereocenters. The molecule has 0 aliphatic heterocycles. The van der Waals surface area contributed by atoms with Crippen molar-refractivity contribution in [2.45, 2.75) is 25.4 Å². The average Bonchev–Trinajstić information content (AvgIpc) is 2.75. The second kappa shape index (κ2) is 4.86. The summed E-state index contributed by atoms with van der Waals surface area (Å²) in [6.45, 7) is 1.86. The molecule has 2 rings (SSSR count). The highest BCUT2D eigenvalue weighted by molar-refractivity contribution is 5.24. The Bertz CT molecular complexity index is 541. The van der Waals surface area contributed by atoms with Crippen molar-refractivity contribution in [2.24, 2.45) is 7.05 Å². The topological polar surface area (TPSA) is 50.9 Å². The summed E-state index contributed by atoms with van der Waals surface area (Å²) >= 11 is 0. The van der Waals surface area contributed by atoms with Crippen molar-refractivity contribution in [2.75, 3.05) is 0 Å². The summed E-state index contributed by atoms with van der Waals surface area (Å²) in [5.74, 6) is 0.320. The van der Waals surface area contributed by atoms with Crippen LogP contribution in [0.5, 0.6) is 0 Å². The number of rotatable bonds is 4. The summed E-state index contributed by atoms with van der Waals surface area (Å²) in [7, 11) is 1.77. The standard InChI is InChI=1S/C13H16FN3O/c1-3-13(18,8-12-15-9-16-17(12)2)10-5-4-6-11(14)7-10/h4-7,9,18H,3,8H2,1-2H3. The number of halogens is 1. The molecule has 1 N–H and O–H groups in total. The van der Waals surface area contributed by atoms with Crippen LogP contribution in [-0.4, -0.2) is 19.9 Å². The first-order valence-corrected chi connectivity index (χ1v) is 5.86. The van der Waals surface area contributed by atoms with Crippen LogP contribution in [0.3, 0.4) is 0 Å². The Morgan fingerprint density at radius 3 is 2.78 bits per heavy atom. The zero-order valence-corrected chi connectivity index (χ0v) is 10.5. The molecule has 4 nitrogen and oxygen atoms in total. The monoisotopic (exact) mass is 249 g/mol. The van der Waals surface area contributed by atoms with E-state index in [4.69, 9.17) is 0 Å². The fourth-order valence-corrected chi connectivity index (χ4v) is 1.95. The van der Waals surface area contributed by atoms with Crippen molar-refractivity contribution in [1.29, 1.82) is 0 Å². The number of hydrogen-bond donors (Lipinski definition) is 1. The van der Waals surface area contributed by atoms with E-state index in [9.17, 15) is 9.50 Å². The lowest BCUT2D eigenvalue weighted by Crippen LogP contribution is -2.29. The van der Waals surface area contributed by atoms with E-state index in [1.807, 2.05) is 6.92 Å². The molecular formula is C13H16FN3O. The van der Waals surface area contributed by atoms with Gasteiger partial charge in [-0.15, -0.1) is 0 Å². The molecule has 0 fully saturated rings. The molecule has 0 aliphatic carbocycles. The summed E-state index contributed by atoms with van der Waals surface area (Å²) in [4.78, 5) is 4.09. The number of aryl methyl sites for hydroxylation is 1. The van der Waals surface area contributed by atoms with Gasteiger partial charge in [0.2, 0.25) is 0 Å². The maximum absolute atomic E-state index is 13.2. The molecular weight excluding hydrogens is 233 g/mol. The molecule has 0 saturated carbocycles. The van der Waals surface area contributed by atoms with E-state index in [0.717, 1.165) is 0 Å². The molecule has 0 amide bonds. The molecule has 0 bridgehead atoms. The minimum absolute atomic E-state index is 0.309. The molecule has 1 aromatic carbocycles. The largest absolute Gasteiger partial charge is 0.385 e. The van der Waals surface area contributed by atoms with Crippen molar-refractivity contribution < 1.29 is 9.50 Å². The maximum atomic E-state index is 13.2. The zero-order chi connectivity index (χ0) is 13.2. The van der Waals surface area contributed by atoms with Gasteiger partial charge in [0, 0.05) is 13.5 Å². The molecule has 1 aromatic heterocycles. The first-order valence-electron chi connectivity index (χ1n) is 5.86. The van der Waals surface area contributed by atoms with Crippen LogP contribution >= 0.6 is 0 Å². The lowest BCUT2D eigenvalue weighted by molar-refractivity contribution is 0.0295. The predicted molar refractivity (Wildman–Crippen MR) is 65.3 cm³/mol. The van der Waals surface area contributed by atoms with Crippen LogP contribution < -0.4 is 0 Å². The fourth-order valence-electron chi connectivity index (χ4n) is 1.95. The molecule has 2 aromatic rings. The minimum Gasteiger partial charge on any atom is -0.385 e. The Balaban J connectivity index is 2.33. The van der Waals surface area contributed by atoms with Crippen molar-refractivity contribution >= 4 is 0 Å². The van der Waals surface area contributed by atoms with E-state index in [1.165, 1.54) is 18.5 Å². The number of aliphatic hydroxyl groups is 1. The van der Waals surface area contributed by atoms with Gasteiger partial charge in [-0.2, -0.15) is 5.10 Å². The smallest absolute Gasteiger partial charge is 0.138 e. The van der Waals surface area contributed by atoms with Crippen LogP contribution in [0.1, 0.15) is 24.7 Å². The normalized spacial score (nSPS) is 14.4. The Morgan fingerprint density at radius 1 is 1.44 bits per heavy atom. The number of nitrogens with zero attached hydrogens (tertiary/aromatic N) is 3. The van der Waals surface area contributed by atoms with Crippen molar-refractivity contribution in [1.82, 2.24) is 14.8 Å². The van der Waals surface area contributed by atoms with Gasteiger partial charge in [0.05, 0.1) is 5.60 Å². The van der Waals surface area contributed by atoms with E-state index in [-0.39, 0.29) is 5.82 Å². The average molecular weight is 249 g/mol. The van der Waals surface area contributed by atoms with Crippen LogP contribution in [0.25, 0.3) is 0 Å². The van der Waals surface area contributed by atoms with E-state index in [2.05, 4.69) is 10.1 Å². The van der Waals surface area contributed by atoms with Gasteiger partial charge in [0.1, 0.15) is 18.0 Å². The molecule has 0 radical (unpaired) electrons. The highest BCUT2D eigenvalue weighted by atomic mass is 19.1. The Kier molecular flexibility index (Phi) is 3.43. The van der Waals surface area contributed by atoms with Gasteiger partial charge < -0.3 is 5.11 Å². The number of benzene rings is 1. The van der Waals surface area contributed by atoms with Gasteiger partial charge >= 0.3 is 0 Å². The predicted octanol–water partition coefficient (Wildman–Crippen LogP) is 1.79. The van der Waals surface area contributed by atoms with Gasteiger partial charge in [-0.05, 0) is 24.1 Å². The molecule has 0 saturated heterocycles. The number of aromatic nitrogens is 3. The third-order valence-corrected chi connectivity index (χ3v) is 3.20. The van der Waals surface area contributed by atoms with Crippen LogP contribution in [0.2, 0.25) is 0 Å². The van der Waals surface area contributed by atoms with Gasteiger partial charge in [-0.25, -0.2) is 9.37 Å². The Labute approximate surface area is 105 Å². The summed E-state index contributed by atoms with van der Waals surface area (Å²) in [5.41, 5.74) is -0.559. The van der Waals surface area contributed by atoms with Gasteiger partial charge in [0.15, 0.2) is 0 Å². The second-order valence-corrected chi connectivity index (χ2v) is 4.37. The molecule has 0 aliphatic rings. The lowest BCUT2D eigenvalue weighted by atomic mass is 9.87. The van der Waals surface area contributed by atoms with Crippen molar-refractivity contribution in [3.63, 3.8) is 0 Å². The Morgan fingerprint density at radius 2 is 2.22 bits per heavy atom. The zero-order valence-electron chi connectivity index (χ0n) is 10.5. The first kappa shape index (κ1) is 12.7. The molecule has 0 spiro atoms. The van der Waals surface area contributed by atoms with Crippen molar-refractivity contribution in [3.05, 3.63) is 47.8 Å². The second-order valence-electron chi connectivity index (χ2n) is 4.37. The summed E-state index contributed by atoms with van der Waals surface area (Å²) in [6, 6.07) is 6.05. The quantitative estimate of drug-likeness (QED) is 0.898. The highest BCUT2D eigenvalue weighted by Crippen LogP contribution is 2.28. The van der Waals surface area contributed by atoms with Crippen LogP contribution in [0.4, 0.5) is 4.39 Å². The maximum Gasteiger partial charge on any atom is 0.138 e. The lowest BCUT2D eigenvalue weighted by Gasteiger charge is -2.26. The van der Waals surface area contributed by atoms with E-state index < -0.39 is 5.60 Å². The Hall–Kier alpha value is -1.75.